The summed E-state index contributed by atoms with van der Waals surface area (Å²) in [5, 5.41) is 0. The molecule has 174 valence electrons. The number of benzene rings is 1. The molecule has 2 aliphatic heterocycles. The Morgan fingerprint density at radius 1 is 0.806 bits per heavy atom. The fourth-order valence-corrected chi connectivity index (χ4v) is 7.10. The lowest BCUT2D eigenvalue weighted by molar-refractivity contribution is 0.0970. The van der Waals surface area contributed by atoms with Crippen LogP contribution in [0.5, 0.6) is 0 Å². The van der Waals surface area contributed by atoms with Crippen LogP contribution in [0.1, 0.15) is 91.0 Å². The molecule has 2 saturated heterocycles. The Morgan fingerprint density at radius 3 is 2.06 bits per heavy atom. The van der Waals surface area contributed by atoms with Gasteiger partial charge in [0, 0.05) is 50.6 Å². The normalized spacial score (nSPS) is 25.1. The maximum Gasteiger partial charge on any atom is 0.0404 e. The summed E-state index contributed by atoms with van der Waals surface area (Å²) in [6, 6.07) is 7.53. The lowest BCUT2D eigenvalue weighted by atomic mass is 9.60. The van der Waals surface area contributed by atoms with Crippen molar-refractivity contribution in [1.29, 1.82) is 0 Å². The highest BCUT2D eigenvalue weighted by atomic mass is 15.3. The van der Waals surface area contributed by atoms with E-state index >= 15 is 0 Å². The van der Waals surface area contributed by atoms with Crippen molar-refractivity contribution in [3.05, 3.63) is 23.8 Å². The molecule has 1 aromatic rings. The van der Waals surface area contributed by atoms with Crippen LogP contribution < -0.4 is 9.80 Å². The highest BCUT2D eigenvalue weighted by Gasteiger charge is 2.40. The molecule has 3 fully saturated rings. The molecule has 1 saturated carbocycles. The molecular formula is C28H47N3. The Balaban J connectivity index is 1.64. The van der Waals surface area contributed by atoms with E-state index in [4.69, 9.17) is 0 Å². The molecule has 3 heteroatoms. The van der Waals surface area contributed by atoms with E-state index in [2.05, 4.69) is 67.5 Å². The zero-order valence-electron chi connectivity index (χ0n) is 21.1. The molecule has 0 aromatic heterocycles. The van der Waals surface area contributed by atoms with Crippen LogP contribution in [0.2, 0.25) is 0 Å². The standard InChI is InChI=1S/C28H47N3/c1-6-12-29-15-17-31(18-16-29)26-11-10-24(30-13-8-7-9-14-30)19-25(26)23-20-27(2,3)22-28(4,5)21-23/h10-11,19,23H,6-9,12-18,20-22H2,1-5H3. The molecule has 0 radical (unpaired) electrons. The molecule has 0 amide bonds. The van der Waals surface area contributed by atoms with E-state index in [0.717, 1.165) is 0 Å². The van der Waals surface area contributed by atoms with Crippen LogP contribution in [-0.4, -0.2) is 50.7 Å². The monoisotopic (exact) mass is 425 g/mol. The van der Waals surface area contributed by atoms with Crippen LogP contribution in [0, 0.1) is 10.8 Å². The maximum absolute atomic E-state index is 2.70. The lowest BCUT2D eigenvalue weighted by Crippen LogP contribution is -2.47. The first-order valence-electron chi connectivity index (χ1n) is 13.1. The number of hydrogen-bond acceptors (Lipinski definition) is 3. The molecular weight excluding hydrogens is 378 g/mol. The van der Waals surface area contributed by atoms with E-state index in [1.165, 1.54) is 102 Å². The van der Waals surface area contributed by atoms with Crippen molar-refractivity contribution < 1.29 is 0 Å². The summed E-state index contributed by atoms with van der Waals surface area (Å²) >= 11 is 0. The van der Waals surface area contributed by atoms with E-state index in [0.29, 0.717) is 16.7 Å². The van der Waals surface area contributed by atoms with E-state index < -0.39 is 0 Å². The van der Waals surface area contributed by atoms with Crippen LogP contribution in [-0.2, 0) is 0 Å². The zero-order chi connectivity index (χ0) is 22.1. The SMILES string of the molecule is CCCN1CCN(c2ccc(N3CCCCC3)cc2C2CC(C)(C)CC(C)(C)C2)CC1. The minimum atomic E-state index is 0.421. The van der Waals surface area contributed by atoms with Gasteiger partial charge >= 0.3 is 0 Å². The predicted molar refractivity (Wildman–Crippen MR) is 136 cm³/mol. The zero-order valence-corrected chi connectivity index (χ0v) is 21.1. The van der Waals surface area contributed by atoms with Crippen molar-refractivity contribution in [2.24, 2.45) is 10.8 Å². The third-order valence-corrected chi connectivity index (χ3v) is 7.98. The van der Waals surface area contributed by atoms with Crippen LogP contribution in [0.4, 0.5) is 11.4 Å². The van der Waals surface area contributed by atoms with E-state index in [1.54, 1.807) is 5.56 Å². The Labute approximate surface area is 192 Å². The molecule has 1 aromatic carbocycles. The van der Waals surface area contributed by atoms with Gasteiger partial charge in [-0.1, -0.05) is 34.6 Å². The molecule has 2 heterocycles. The largest absolute Gasteiger partial charge is 0.372 e. The fraction of sp³-hybridized carbons (Fsp3) is 0.786. The van der Waals surface area contributed by atoms with Crippen molar-refractivity contribution >= 4 is 11.4 Å². The molecule has 1 aliphatic carbocycles. The lowest BCUT2D eigenvalue weighted by Gasteiger charge is -2.46. The van der Waals surface area contributed by atoms with Gasteiger partial charge in [-0.3, -0.25) is 4.90 Å². The summed E-state index contributed by atoms with van der Waals surface area (Å²) < 4.78 is 0. The van der Waals surface area contributed by atoms with Crippen LogP contribution >= 0.6 is 0 Å². The van der Waals surface area contributed by atoms with Gasteiger partial charge in [-0.05, 0) is 92.0 Å². The smallest absolute Gasteiger partial charge is 0.0404 e. The van der Waals surface area contributed by atoms with Crippen LogP contribution in [0.15, 0.2) is 18.2 Å². The molecule has 3 nitrogen and oxygen atoms in total. The Hall–Kier alpha value is -1.22. The van der Waals surface area contributed by atoms with Gasteiger partial charge in [0.15, 0.2) is 0 Å². The van der Waals surface area contributed by atoms with E-state index in [9.17, 15) is 0 Å². The summed E-state index contributed by atoms with van der Waals surface area (Å²) in [6.07, 6.45) is 9.34. The van der Waals surface area contributed by atoms with Gasteiger partial charge in [-0.15, -0.1) is 0 Å². The van der Waals surface area contributed by atoms with Crippen molar-refractivity contribution in [3.8, 4) is 0 Å². The second-order valence-corrected chi connectivity index (χ2v) is 12.2. The number of rotatable bonds is 5. The first-order valence-corrected chi connectivity index (χ1v) is 13.1. The highest BCUT2D eigenvalue weighted by molar-refractivity contribution is 5.64. The third-order valence-electron chi connectivity index (χ3n) is 7.98. The molecule has 0 unspecified atom stereocenters. The van der Waals surface area contributed by atoms with E-state index in [1.807, 2.05) is 0 Å². The molecule has 0 N–H and O–H groups in total. The van der Waals surface area contributed by atoms with Gasteiger partial charge in [0.2, 0.25) is 0 Å². The summed E-state index contributed by atoms with van der Waals surface area (Å²) in [5.74, 6) is 0.673. The topological polar surface area (TPSA) is 9.72 Å². The Kier molecular flexibility index (Phi) is 6.91. The highest BCUT2D eigenvalue weighted by Crippen LogP contribution is 2.53. The minimum absolute atomic E-state index is 0.421. The van der Waals surface area contributed by atoms with Crippen molar-refractivity contribution in [2.45, 2.75) is 85.5 Å². The molecule has 31 heavy (non-hydrogen) atoms. The number of anilines is 2. The van der Waals surface area contributed by atoms with Gasteiger partial charge in [-0.2, -0.15) is 0 Å². The van der Waals surface area contributed by atoms with Gasteiger partial charge < -0.3 is 9.80 Å². The number of piperidine rings is 1. The molecule has 0 bridgehead atoms. The minimum Gasteiger partial charge on any atom is -0.372 e. The number of hydrogen-bond donors (Lipinski definition) is 0. The number of nitrogens with zero attached hydrogens (tertiary/aromatic N) is 3. The Bertz CT molecular complexity index is 708. The van der Waals surface area contributed by atoms with Crippen molar-refractivity contribution in [3.63, 3.8) is 0 Å². The Morgan fingerprint density at radius 2 is 1.45 bits per heavy atom. The van der Waals surface area contributed by atoms with Gasteiger partial charge in [0.05, 0.1) is 0 Å². The molecule has 0 atom stereocenters. The molecule has 4 rings (SSSR count). The second kappa shape index (κ2) is 9.33. The van der Waals surface area contributed by atoms with Gasteiger partial charge in [-0.25, -0.2) is 0 Å². The maximum atomic E-state index is 2.70. The summed E-state index contributed by atoms with van der Waals surface area (Å²) in [4.78, 5) is 8.00. The van der Waals surface area contributed by atoms with Crippen molar-refractivity contribution in [2.75, 3.05) is 55.6 Å². The first kappa shape index (κ1) is 23.0. The first-order chi connectivity index (χ1) is 14.8. The molecule has 3 aliphatic rings. The summed E-state index contributed by atoms with van der Waals surface area (Å²) in [5.41, 5.74) is 5.50. The third kappa shape index (κ3) is 5.59. The number of piperazine rings is 1. The van der Waals surface area contributed by atoms with E-state index in [-0.39, 0.29) is 0 Å². The van der Waals surface area contributed by atoms with Crippen LogP contribution in [0.3, 0.4) is 0 Å². The average Bonchev–Trinajstić information content (AvgIpc) is 2.73. The average molecular weight is 426 g/mol. The second-order valence-electron chi connectivity index (χ2n) is 12.2. The van der Waals surface area contributed by atoms with Crippen LogP contribution in [0.25, 0.3) is 0 Å². The fourth-order valence-electron chi connectivity index (χ4n) is 7.10. The summed E-state index contributed by atoms with van der Waals surface area (Å²) in [7, 11) is 0. The van der Waals surface area contributed by atoms with Gasteiger partial charge in [0.25, 0.3) is 0 Å². The molecule has 0 spiro atoms. The van der Waals surface area contributed by atoms with Crippen molar-refractivity contribution in [1.82, 2.24) is 4.90 Å². The quantitative estimate of drug-likeness (QED) is 0.531. The predicted octanol–water partition coefficient (Wildman–Crippen LogP) is 6.53. The summed E-state index contributed by atoms with van der Waals surface area (Å²) in [6.45, 7) is 20.8. The van der Waals surface area contributed by atoms with Gasteiger partial charge in [0.1, 0.15) is 0 Å².